The Hall–Kier alpha value is -4.08. The first-order valence-electron chi connectivity index (χ1n) is 7.66. The number of carbonyl (C=O) groups excluding carboxylic acids is 2. The van der Waals surface area contributed by atoms with Gasteiger partial charge < -0.3 is 16.2 Å². The number of carbonyl (C=O) groups is 3. The first-order chi connectivity index (χ1) is 12.9. The monoisotopic (exact) mass is 366 g/mol. The van der Waals surface area contributed by atoms with E-state index in [2.05, 4.69) is 20.4 Å². The van der Waals surface area contributed by atoms with E-state index in [1.807, 2.05) is 0 Å². The minimum Gasteiger partial charge on any atom is -0.477 e. The van der Waals surface area contributed by atoms with Crippen molar-refractivity contribution in [3.05, 3.63) is 59.7 Å². The normalized spacial score (nSPS) is 10.4. The maximum atomic E-state index is 12.5. The lowest BCUT2D eigenvalue weighted by atomic mass is 10.1. The van der Waals surface area contributed by atoms with Gasteiger partial charge in [0, 0.05) is 36.8 Å². The molecule has 0 atom stereocenters. The van der Waals surface area contributed by atoms with Crippen molar-refractivity contribution < 1.29 is 19.5 Å². The Kier molecular flexibility index (Phi) is 4.62. The van der Waals surface area contributed by atoms with Crippen molar-refractivity contribution in [1.82, 2.24) is 19.7 Å². The van der Waals surface area contributed by atoms with Gasteiger partial charge in [-0.3, -0.25) is 24.2 Å². The summed E-state index contributed by atoms with van der Waals surface area (Å²) < 4.78 is 1.26. The summed E-state index contributed by atoms with van der Waals surface area (Å²) >= 11 is 0. The van der Waals surface area contributed by atoms with E-state index in [0.29, 0.717) is 5.56 Å². The molecule has 3 rings (SSSR count). The number of carboxylic acid groups (broad SMARTS) is 1. The van der Waals surface area contributed by atoms with Crippen LogP contribution in [0.25, 0.3) is 11.3 Å². The zero-order valence-electron chi connectivity index (χ0n) is 14.1. The third-order valence-corrected chi connectivity index (χ3v) is 3.72. The lowest BCUT2D eigenvalue weighted by molar-refractivity contribution is 0.0698. The minimum absolute atomic E-state index is 0.00301. The highest BCUT2D eigenvalue weighted by molar-refractivity contribution is 6.09. The first-order valence-corrected chi connectivity index (χ1v) is 7.66. The van der Waals surface area contributed by atoms with Gasteiger partial charge in [-0.1, -0.05) is 0 Å². The number of aromatic nitrogens is 4. The Balaban J connectivity index is 2.01. The van der Waals surface area contributed by atoms with Crippen LogP contribution in [-0.4, -0.2) is 42.6 Å². The predicted octanol–water partition coefficient (Wildman–Crippen LogP) is 0.926. The fourth-order valence-electron chi connectivity index (χ4n) is 2.47. The van der Waals surface area contributed by atoms with Gasteiger partial charge in [0.25, 0.3) is 11.8 Å². The van der Waals surface area contributed by atoms with E-state index >= 15 is 0 Å². The van der Waals surface area contributed by atoms with Gasteiger partial charge in [-0.25, -0.2) is 4.79 Å². The highest BCUT2D eigenvalue weighted by Gasteiger charge is 2.25. The number of nitrogens with two attached hydrogens (primary N) is 1. The predicted molar refractivity (Wildman–Crippen MR) is 94.1 cm³/mol. The molecule has 0 unspecified atom stereocenters. The molecule has 0 saturated carbocycles. The molecule has 0 aliphatic carbocycles. The summed E-state index contributed by atoms with van der Waals surface area (Å²) in [7, 11) is 1.51. The second-order valence-electron chi connectivity index (χ2n) is 5.48. The van der Waals surface area contributed by atoms with Crippen LogP contribution in [0.15, 0.2) is 42.9 Å². The van der Waals surface area contributed by atoms with Gasteiger partial charge in [0.1, 0.15) is 22.8 Å². The summed E-state index contributed by atoms with van der Waals surface area (Å²) in [4.78, 5) is 43.2. The molecule has 4 N–H and O–H groups in total. The number of nitrogens with zero attached hydrogens (tertiary/aromatic N) is 4. The molecule has 136 valence electrons. The van der Waals surface area contributed by atoms with E-state index in [1.54, 1.807) is 12.1 Å². The van der Waals surface area contributed by atoms with Gasteiger partial charge in [-0.15, -0.1) is 0 Å². The summed E-state index contributed by atoms with van der Waals surface area (Å²) in [6, 6.07) is 5.82. The van der Waals surface area contributed by atoms with Crippen LogP contribution in [0.1, 0.15) is 31.2 Å². The maximum Gasteiger partial charge on any atom is 0.341 e. The average molecular weight is 366 g/mol. The number of aromatic carboxylic acids is 1. The number of hydrogen-bond donors (Lipinski definition) is 3. The highest BCUT2D eigenvalue weighted by Crippen LogP contribution is 2.28. The fourth-order valence-corrected chi connectivity index (χ4v) is 2.47. The molecule has 3 aromatic rings. The number of rotatable bonds is 5. The number of anilines is 1. The standard InChI is InChI=1S/C17H14N6O4/c1-23-15(21-16(25)10-4-7-20-11(8-10)14(18)24)12(17(26)27)13(22-23)9-2-5-19-6-3-9/h2-8H,1H3,(H2,18,24)(H,21,25)(H,26,27). The molecule has 0 aromatic carbocycles. The number of carboxylic acids is 1. The fraction of sp³-hybridized carbons (Fsp3) is 0.0588. The molecular formula is C17H14N6O4. The topological polar surface area (TPSA) is 153 Å². The van der Waals surface area contributed by atoms with Crippen LogP contribution in [0.5, 0.6) is 0 Å². The van der Waals surface area contributed by atoms with Crippen molar-refractivity contribution in [2.75, 3.05) is 5.32 Å². The SMILES string of the molecule is Cn1nc(-c2ccncc2)c(C(=O)O)c1NC(=O)c1ccnc(C(N)=O)c1. The highest BCUT2D eigenvalue weighted by atomic mass is 16.4. The van der Waals surface area contributed by atoms with Crippen LogP contribution in [0.3, 0.4) is 0 Å². The number of pyridine rings is 2. The summed E-state index contributed by atoms with van der Waals surface area (Å²) in [6.45, 7) is 0. The number of hydrogen-bond acceptors (Lipinski definition) is 6. The molecule has 0 bridgehead atoms. The third kappa shape index (κ3) is 3.49. The van der Waals surface area contributed by atoms with Gasteiger partial charge in [-0.2, -0.15) is 5.10 Å². The van der Waals surface area contributed by atoms with E-state index in [1.165, 1.54) is 42.5 Å². The molecule has 0 aliphatic heterocycles. The Bertz CT molecular complexity index is 1040. The van der Waals surface area contributed by atoms with Gasteiger partial charge in [0.2, 0.25) is 0 Å². The van der Waals surface area contributed by atoms with Crippen molar-refractivity contribution in [3.8, 4) is 11.3 Å². The Morgan fingerprint density at radius 1 is 1.15 bits per heavy atom. The first kappa shape index (κ1) is 17.7. The second-order valence-corrected chi connectivity index (χ2v) is 5.48. The lowest BCUT2D eigenvalue weighted by Gasteiger charge is -2.07. The van der Waals surface area contributed by atoms with Crippen LogP contribution in [-0.2, 0) is 7.05 Å². The lowest BCUT2D eigenvalue weighted by Crippen LogP contribution is -2.19. The quantitative estimate of drug-likeness (QED) is 0.607. The molecule has 2 amide bonds. The van der Waals surface area contributed by atoms with Gasteiger partial charge in [-0.05, 0) is 24.3 Å². The molecule has 3 heterocycles. The molecule has 10 nitrogen and oxygen atoms in total. The van der Waals surface area contributed by atoms with E-state index in [0.717, 1.165) is 0 Å². The molecule has 0 radical (unpaired) electrons. The summed E-state index contributed by atoms with van der Waals surface area (Å²) in [6.07, 6.45) is 4.28. The number of nitrogens with one attached hydrogen (secondary N) is 1. The molecule has 0 fully saturated rings. The average Bonchev–Trinajstić information content (AvgIpc) is 2.99. The van der Waals surface area contributed by atoms with Crippen LogP contribution >= 0.6 is 0 Å². The number of amides is 2. The van der Waals surface area contributed by atoms with Gasteiger partial charge >= 0.3 is 5.97 Å². The maximum absolute atomic E-state index is 12.5. The third-order valence-electron chi connectivity index (χ3n) is 3.72. The summed E-state index contributed by atoms with van der Waals surface area (Å²) in [5, 5.41) is 16.3. The van der Waals surface area contributed by atoms with Crippen molar-refractivity contribution >= 4 is 23.6 Å². The minimum atomic E-state index is -1.25. The van der Waals surface area contributed by atoms with Crippen molar-refractivity contribution in [2.24, 2.45) is 12.8 Å². The Morgan fingerprint density at radius 2 is 1.85 bits per heavy atom. The van der Waals surface area contributed by atoms with Crippen molar-refractivity contribution in [1.29, 1.82) is 0 Å². The number of aryl methyl sites for hydroxylation is 1. The van der Waals surface area contributed by atoms with Crippen LogP contribution in [0.2, 0.25) is 0 Å². The molecule has 27 heavy (non-hydrogen) atoms. The zero-order valence-corrected chi connectivity index (χ0v) is 14.1. The van der Waals surface area contributed by atoms with Crippen LogP contribution in [0.4, 0.5) is 5.82 Å². The van der Waals surface area contributed by atoms with E-state index in [-0.39, 0.29) is 28.3 Å². The molecule has 0 spiro atoms. The van der Waals surface area contributed by atoms with Gasteiger partial charge in [0.05, 0.1) is 0 Å². The Morgan fingerprint density at radius 3 is 2.48 bits per heavy atom. The van der Waals surface area contributed by atoms with E-state index < -0.39 is 17.8 Å². The Labute approximate surface area is 152 Å². The second kappa shape index (κ2) is 7.04. The van der Waals surface area contributed by atoms with E-state index in [9.17, 15) is 19.5 Å². The number of primary amides is 1. The van der Waals surface area contributed by atoms with E-state index in [4.69, 9.17) is 5.73 Å². The molecule has 0 aliphatic rings. The molecule has 10 heteroatoms. The molecular weight excluding hydrogens is 352 g/mol. The van der Waals surface area contributed by atoms with Gasteiger partial charge in [0.15, 0.2) is 0 Å². The van der Waals surface area contributed by atoms with Crippen molar-refractivity contribution in [3.63, 3.8) is 0 Å². The summed E-state index contributed by atoms with van der Waals surface area (Å²) in [5.74, 6) is -2.67. The molecule has 0 saturated heterocycles. The van der Waals surface area contributed by atoms with Crippen LogP contribution in [0, 0.1) is 0 Å². The molecule has 3 aromatic heterocycles. The summed E-state index contributed by atoms with van der Waals surface area (Å²) in [5.41, 5.74) is 5.74. The smallest absolute Gasteiger partial charge is 0.341 e. The zero-order chi connectivity index (χ0) is 19.6. The van der Waals surface area contributed by atoms with Crippen molar-refractivity contribution in [2.45, 2.75) is 0 Å². The van der Waals surface area contributed by atoms with Crippen LogP contribution < -0.4 is 11.1 Å². The largest absolute Gasteiger partial charge is 0.477 e.